The maximum Gasteiger partial charge on any atom is 1.00 e. The number of amides is 3. The second kappa shape index (κ2) is 6.95. The number of fused-ring (bicyclic) bond motifs is 1. The molecule has 0 aliphatic carbocycles. The van der Waals surface area contributed by atoms with Crippen LogP contribution < -0.4 is 45.3 Å². The van der Waals surface area contributed by atoms with Crippen LogP contribution >= 0.6 is 11.8 Å². The molecule has 2 aliphatic rings. The van der Waals surface area contributed by atoms with Crippen molar-refractivity contribution >= 4 is 35.4 Å². The predicted octanol–water partition coefficient (Wildman–Crippen LogP) is -3.01. The summed E-state index contributed by atoms with van der Waals surface area (Å²) in [5, 5.41) is 16.2. The van der Waals surface area contributed by atoms with Gasteiger partial charge in [-0.3, -0.25) is 4.79 Å². The molecule has 7 nitrogen and oxygen atoms in total. The van der Waals surface area contributed by atoms with E-state index in [9.17, 15) is 19.5 Å². The summed E-state index contributed by atoms with van der Waals surface area (Å²) in [7, 11) is 0. The number of aliphatic carboxylic acids is 1. The number of nitrogens with one attached hydrogen (secondary N) is 2. The normalized spacial score (nSPS) is 26.7. The fraction of sp³-hybridized carbons (Fsp3) is 0.400. The van der Waals surface area contributed by atoms with Gasteiger partial charge in [-0.25, -0.2) is 4.79 Å². The Morgan fingerprint density at radius 1 is 1.25 bits per heavy atom. The Morgan fingerprint density at radius 2 is 1.88 bits per heavy atom. The van der Waals surface area contributed by atoms with Crippen LogP contribution in [0.15, 0.2) is 30.3 Å². The second-order valence-electron chi connectivity index (χ2n) is 6.02. The average molecular weight is 357 g/mol. The molecule has 2 N–H and O–H groups in total. The molecule has 0 spiro atoms. The molecular formula is C15H16N3NaO4S. The Bertz CT molecular complexity index is 670. The van der Waals surface area contributed by atoms with Gasteiger partial charge < -0.3 is 25.4 Å². The molecule has 2 heterocycles. The fourth-order valence-corrected chi connectivity index (χ4v) is 4.58. The van der Waals surface area contributed by atoms with Crippen molar-refractivity contribution in [2.75, 3.05) is 5.32 Å². The Kier molecular flexibility index (Phi) is 5.54. The molecule has 1 aromatic carbocycles. The molecule has 3 atom stereocenters. The maximum atomic E-state index is 12.2. The van der Waals surface area contributed by atoms with Crippen LogP contribution in [0, 0.1) is 0 Å². The first-order valence-corrected chi connectivity index (χ1v) is 8.02. The Labute approximate surface area is 165 Å². The zero-order valence-electron chi connectivity index (χ0n) is 13.6. The van der Waals surface area contributed by atoms with Crippen molar-refractivity contribution in [3.05, 3.63) is 30.3 Å². The molecule has 2 aliphatic heterocycles. The summed E-state index contributed by atoms with van der Waals surface area (Å²) in [4.78, 5) is 36.8. The third-order valence-corrected chi connectivity index (χ3v) is 5.55. The van der Waals surface area contributed by atoms with E-state index in [0.29, 0.717) is 5.69 Å². The molecule has 0 radical (unpaired) electrons. The summed E-state index contributed by atoms with van der Waals surface area (Å²) in [5.74, 6) is -1.67. The number of β-lactam (4-membered cyclic amide) rings is 1. The van der Waals surface area contributed by atoms with Crippen molar-refractivity contribution in [3.8, 4) is 0 Å². The van der Waals surface area contributed by atoms with Crippen molar-refractivity contribution in [2.45, 2.75) is 36.1 Å². The molecular weight excluding hydrogens is 341 g/mol. The summed E-state index contributed by atoms with van der Waals surface area (Å²) in [6, 6.07) is 6.64. The molecule has 0 aromatic heterocycles. The number of thioether (sulfide) groups is 1. The van der Waals surface area contributed by atoms with E-state index in [4.69, 9.17) is 0 Å². The minimum atomic E-state index is -1.27. The van der Waals surface area contributed by atoms with Gasteiger partial charge in [0.15, 0.2) is 0 Å². The number of carbonyl (C=O) groups is 3. The second-order valence-corrected chi connectivity index (χ2v) is 7.79. The van der Waals surface area contributed by atoms with Gasteiger partial charge >= 0.3 is 35.6 Å². The summed E-state index contributed by atoms with van der Waals surface area (Å²) in [5.41, 5.74) is 0.612. The molecule has 24 heavy (non-hydrogen) atoms. The van der Waals surface area contributed by atoms with Crippen LogP contribution in [0.4, 0.5) is 10.5 Å². The summed E-state index contributed by atoms with van der Waals surface area (Å²) in [6.07, 6.45) is 0. The number of urea groups is 1. The van der Waals surface area contributed by atoms with Crippen molar-refractivity contribution in [2.24, 2.45) is 0 Å². The fourth-order valence-electron chi connectivity index (χ4n) is 2.96. The van der Waals surface area contributed by atoms with Crippen LogP contribution in [0.5, 0.6) is 0 Å². The molecule has 0 bridgehead atoms. The number of hydrogen-bond donors (Lipinski definition) is 2. The Morgan fingerprint density at radius 3 is 2.46 bits per heavy atom. The first kappa shape index (κ1) is 19.1. The zero-order valence-corrected chi connectivity index (χ0v) is 16.4. The number of hydrogen-bond acceptors (Lipinski definition) is 5. The number of anilines is 1. The van der Waals surface area contributed by atoms with Crippen LogP contribution in [-0.4, -0.2) is 45.0 Å². The van der Waals surface area contributed by atoms with Gasteiger partial charge in [0, 0.05) is 10.4 Å². The van der Waals surface area contributed by atoms with Gasteiger partial charge in [0.2, 0.25) is 5.91 Å². The smallest absolute Gasteiger partial charge is 0.548 e. The van der Waals surface area contributed by atoms with Crippen molar-refractivity contribution < 1.29 is 49.0 Å². The Hall–Kier alpha value is -1.22. The molecule has 3 amide bonds. The van der Waals surface area contributed by atoms with E-state index in [1.807, 2.05) is 6.07 Å². The van der Waals surface area contributed by atoms with Crippen LogP contribution in [-0.2, 0) is 9.59 Å². The maximum absolute atomic E-state index is 12.2. The van der Waals surface area contributed by atoms with Gasteiger partial charge in [0.1, 0.15) is 11.4 Å². The minimum absolute atomic E-state index is 0. The summed E-state index contributed by atoms with van der Waals surface area (Å²) < 4.78 is -0.661. The number of para-hydroxylation sites is 1. The monoisotopic (exact) mass is 357 g/mol. The predicted molar refractivity (Wildman–Crippen MR) is 83.5 cm³/mol. The molecule has 3 rings (SSSR count). The van der Waals surface area contributed by atoms with Crippen LogP contribution in [0.2, 0.25) is 0 Å². The topological polar surface area (TPSA) is 102 Å². The number of carboxylic acid groups (broad SMARTS) is 1. The van der Waals surface area contributed by atoms with Gasteiger partial charge in [-0.05, 0) is 26.0 Å². The van der Waals surface area contributed by atoms with E-state index < -0.39 is 34.7 Å². The third-order valence-electron chi connectivity index (χ3n) is 3.98. The van der Waals surface area contributed by atoms with Crippen molar-refractivity contribution in [1.29, 1.82) is 0 Å². The number of carbonyl (C=O) groups excluding carboxylic acids is 3. The van der Waals surface area contributed by atoms with E-state index in [1.165, 1.54) is 16.7 Å². The molecule has 1 aromatic rings. The molecule has 9 heteroatoms. The first-order valence-electron chi connectivity index (χ1n) is 7.15. The van der Waals surface area contributed by atoms with Crippen molar-refractivity contribution in [3.63, 3.8) is 0 Å². The van der Waals surface area contributed by atoms with E-state index in [2.05, 4.69) is 10.6 Å². The SMILES string of the molecule is CC1(C)SC2C(NC(=O)Nc3ccccc3)C(=O)N2[C@H]1C(=O)[O-].[Na+]. The van der Waals surface area contributed by atoms with Gasteiger partial charge in [0.25, 0.3) is 0 Å². The van der Waals surface area contributed by atoms with Gasteiger partial charge in [-0.15, -0.1) is 11.8 Å². The van der Waals surface area contributed by atoms with E-state index in [1.54, 1.807) is 38.1 Å². The molecule has 0 saturated carbocycles. The van der Waals surface area contributed by atoms with Crippen LogP contribution in [0.3, 0.4) is 0 Å². The zero-order chi connectivity index (χ0) is 16.8. The molecule has 122 valence electrons. The number of carboxylic acids is 1. The van der Waals surface area contributed by atoms with Gasteiger partial charge in [-0.2, -0.15) is 0 Å². The Balaban J connectivity index is 0.00000208. The van der Waals surface area contributed by atoms with Crippen LogP contribution in [0.1, 0.15) is 13.8 Å². The molecule has 2 unspecified atom stereocenters. The quantitative estimate of drug-likeness (QED) is 0.443. The number of rotatable bonds is 3. The third kappa shape index (κ3) is 3.28. The van der Waals surface area contributed by atoms with E-state index in [0.717, 1.165) is 0 Å². The van der Waals surface area contributed by atoms with E-state index in [-0.39, 0.29) is 34.9 Å². The first-order chi connectivity index (χ1) is 10.8. The number of benzene rings is 1. The average Bonchev–Trinajstić information content (AvgIpc) is 2.74. The largest absolute Gasteiger partial charge is 1.00 e. The minimum Gasteiger partial charge on any atom is -0.548 e. The molecule has 2 saturated heterocycles. The van der Waals surface area contributed by atoms with Crippen LogP contribution in [0.25, 0.3) is 0 Å². The molecule has 2 fully saturated rings. The number of nitrogens with zero attached hydrogens (tertiary/aromatic N) is 1. The summed E-state index contributed by atoms with van der Waals surface area (Å²) >= 11 is 1.36. The van der Waals surface area contributed by atoms with E-state index >= 15 is 0 Å². The van der Waals surface area contributed by atoms with Crippen molar-refractivity contribution in [1.82, 2.24) is 10.2 Å². The van der Waals surface area contributed by atoms with Gasteiger partial charge in [-0.1, -0.05) is 18.2 Å². The standard InChI is InChI=1S/C15H17N3O4S.Na/c1-15(2)10(13(20)21)18-11(19)9(12(18)23-15)17-14(22)16-8-6-4-3-5-7-8;/h3-7,9-10,12H,1-2H3,(H,20,21)(H2,16,17,22);/q;+1/p-1/t9?,10-,12?;/m0./s1. The van der Waals surface area contributed by atoms with Gasteiger partial charge in [0.05, 0.1) is 12.0 Å². The summed E-state index contributed by atoms with van der Waals surface area (Å²) in [6.45, 7) is 3.51.